The Balaban J connectivity index is 2.16. The van der Waals surface area contributed by atoms with Gasteiger partial charge in [0, 0.05) is 36.5 Å². The van der Waals surface area contributed by atoms with Crippen LogP contribution in [0.1, 0.15) is 18.9 Å². The zero-order chi connectivity index (χ0) is 15.5. The van der Waals surface area contributed by atoms with Gasteiger partial charge in [-0.15, -0.1) is 11.6 Å². The maximum Gasteiger partial charge on any atom is 0.244 e. The molecule has 1 fully saturated rings. The highest BCUT2D eigenvalue weighted by Crippen LogP contribution is 2.27. The van der Waals surface area contributed by atoms with Crippen molar-refractivity contribution in [1.82, 2.24) is 9.21 Å². The van der Waals surface area contributed by atoms with Gasteiger partial charge in [0.15, 0.2) is 0 Å². The molecule has 1 aromatic rings. The van der Waals surface area contributed by atoms with Gasteiger partial charge in [-0.1, -0.05) is 13.0 Å². The number of alkyl halides is 1. The highest BCUT2D eigenvalue weighted by atomic mass is 79.9. The van der Waals surface area contributed by atoms with E-state index < -0.39 is 10.0 Å². The zero-order valence-electron chi connectivity index (χ0n) is 12.1. The van der Waals surface area contributed by atoms with Crippen LogP contribution in [0.4, 0.5) is 0 Å². The summed E-state index contributed by atoms with van der Waals surface area (Å²) in [6, 6.07) is 5.17. The van der Waals surface area contributed by atoms with Gasteiger partial charge in [-0.3, -0.25) is 0 Å². The molecule has 21 heavy (non-hydrogen) atoms. The number of benzene rings is 1. The maximum atomic E-state index is 12.7. The van der Waals surface area contributed by atoms with Crippen LogP contribution >= 0.6 is 27.5 Å². The normalized spacial score (nSPS) is 18.0. The van der Waals surface area contributed by atoms with E-state index in [1.165, 1.54) is 0 Å². The van der Waals surface area contributed by atoms with E-state index in [0.29, 0.717) is 28.3 Å². The van der Waals surface area contributed by atoms with Crippen molar-refractivity contribution < 1.29 is 8.42 Å². The van der Waals surface area contributed by atoms with E-state index in [1.807, 2.05) is 0 Å². The van der Waals surface area contributed by atoms with Gasteiger partial charge < -0.3 is 4.90 Å². The average Bonchev–Trinajstić information content (AvgIpc) is 2.47. The standard InChI is InChI=1S/C14H20BrClN2O2S/c1-2-5-17-6-8-18(9-7-17)21(19,20)14-4-3-12(11-16)10-13(14)15/h3-4,10H,2,5-9,11H2,1H3. The lowest BCUT2D eigenvalue weighted by Crippen LogP contribution is -2.48. The van der Waals surface area contributed by atoms with Crippen molar-refractivity contribution in [2.24, 2.45) is 0 Å². The van der Waals surface area contributed by atoms with Gasteiger partial charge in [-0.05, 0) is 46.6 Å². The number of rotatable bonds is 5. The Morgan fingerprint density at radius 3 is 2.43 bits per heavy atom. The van der Waals surface area contributed by atoms with Crippen LogP contribution in [0, 0.1) is 0 Å². The predicted octanol–water partition coefficient (Wildman–Crippen LogP) is 2.90. The molecule has 0 saturated carbocycles. The second kappa shape index (κ2) is 7.42. The minimum Gasteiger partial charge on any atom is -0.301 e. The summed E-state index contributed by atoms with van der Waals surface area (Å²) in [4.78, 5) is 2.62. The highest BCUT2D eigenvalue weighted by Gasteiger charge is 2.29. The minimum atomic E-state index is -3.44. The van der Waals surface area contributed by atoms with Gasteiger partial charge in [0.2, 0.25) is 10.0 Å². The van der Waals surface area contributed by atoms with E-state index in [2.05, 4.69) is 27.8 Å². The molecule has 0 aliphatic carbocycles. The molecule has 2 rings (SSSR count). The van der Waals surface area contributed by atoms with Crippen LogP contribution in [0.15, 0.2) is 27.6 Å². The summed E-state index contributed by atoms with van der Waals surface area (Å²) >= 11 is 9.13. The number of halogens is 2. The predicted molar refractivity (Wildman–Crippen MR) is 89.2 cm³/mol. The molecule has 0 amide bonds. The number of nitrogens with zero attached hydrogens (tertiary/aromatic N) is 2. The third-order valence-corrected chi connectivity index (χ3v) is 6.82. The molecule has 4 nitrogen and oxygen atoms in total. The molecule has 118 valence electrons. The molecule has 1 aliphatic heterocycles. The molecule has 1 heterocycles. The van der Waals surface area contributed by atoms with Crippen molar-refractivity contribution in [2.45, 2.75) is 24.1 Å². The van der Waals surface area contributed by atoms with Crippen molar-refractivity contribution in [3.05, 3.63) is 28.2 Å². The molecule has 1 aromatic carbocycles. The molecule has 1 saturated heterocycles. The molecule has 0 N–H and O–H groups in total. The molecular weight excluding hydrogens is 376 g/mol. The van der Waals surface area contributed by atoms with Gasteiger partial charge in [-0.25, -0.2) is 8.42 Å². The second-order valence-corrected chi connectivity index (χ2v) is 8.17. The Labute approximate surface area is 140 Å². The Morgan fingerprint density at radius 2 is 1.90 bits per heavy atom. The van der Waals surface area contributed by atoms with Crippen LogP contribution in [-0.4, -0.2) is 50.3 Å². The van der Waals surface area contributed by atoms with Crippen LogP contribution < -0.4 is 0 Å². The first kappa shape index (κ1) is 17.2. The fourth-order valence-electron chi connectivity index (χ4n) is 2.49. The zero-order valence-corrected chi connectivity index (χ0v) is 15.2. The Morgan fingerprint density at radius 1 is 1.24 bits per heavy atom. The molecule has 0 unspecified atom stereocenters. The first-order valence-electron chi connectivity index (χ1n) is 7.06. The maximum absolute atomic E-state index is 12.7. The fourth-order valence-corrected chi connectivity index (χ4v) is 5.16. The smallest absolute Gasteiger partial charge is 0.244 e. The average molecular weight is 396 g/mol. The number of hydrogen-bond donors (Lipinski definition) is 0. The molecule has 7 heteroatoms. The molecule has 1 aliphatic rings. The molecule has 0 spiro atoms. The largest absolute Gasteiger partial charge is 0.301 e. The lowest BCUT2D eigenvalue weighted by atomic mass is 10.2. The Bertz CT molecular complexity index is 587. The number of sulfonamides is 1. The van der Waals surface area contributed by atoms with Crippen LogP contribution in [0.25, 0.3) is 0 Å². The molecule has 0 atom stereocenters. The summed E-state index contributed by atoms with van der Waals surface area (Å²) in [6.45, 7) is 5.85. The van der Waals surface area contributed by atoms with Crippen molar-refractivity contribution in [1.29, 1.82) is 0 Å². The summed E-state index contributed by atoms with van der Waals surface area (Å²) in [6.07, 6.45) is 1.10. The van der Waals surface area contributed by atoms with Gasteiger partial charge >= 0.3 is 0 Å². The monoisotopic (exact) mass is 394 g/mol. The van der Waals surface area contributed by atoms with Gasteiger partial charge in [0.25, 0.3) is 0 Å². The van der Waals surface area contributed by atoms with Crippen molar-refractivity contribution in [2.75, 3.05) is 32.7 Å². The summed E-state index contributed by atoms with van der Waals surface area (Å²) in [5, 5.41) is 0. The van der Waals surface area contributed by atoms with Crippen LogP contribution in [0.3, 0.4) is 0 Å². The summed E-state index contributed by atoms with van der Waals surface area (Å²) in [5.41, 5.74) is 0.898. The Hall–Kier alpha value is -0.140. The fraction of sp³-hybridized carbons (Fsp3) is 0.571. The van der Waals surface area contributed by atoms with E-state index in [0.717, 1.165) is 31.6 Å². The van der Waals surface area contributed by atoms with Crippen molar-refractivity contribution >= 4 is 37.6 Å². The van der Waals surface area contributed by atoms with E-state index >= 15 is 0 Å². The highest BCUT2D eigenvalue weighted by molar-refractivity contribution is 9.10. The number of hydrogen-bond acceptors (Lipinski definition) is 3. The van der Waals surface area contributed by atoms with Crippen LogP contribution in [0.2, 0.25) is 0 Å². The van der Waals surface area contributed by atoms with Gasteiger partial charge in [0.1, 0.15) is 0 Å². The first-order valence-corrected chi connectivity index (χ1v) is 9.82. The second-order valence-electron chi connectivity index (χ2n) is 5.14. The summed E-state index contributed by atoms with van der Waals surface area (Å²) in [5.74, 6) is 0.370. The third kappa shape index (κ3) is 3.99. The van der Waals surface area contributed by atoms with Gasteiger partial charge in [-0.2, -0.15) is 4.31 Å². The lowest BCUT2D eigenvalue weighted by molar-refractivity contribution is 0.188. The molecule has 0 aromatic heterocycles. The van der Waals surface area contributed by atoms with Crippen LogP contribution in [-0.2, 0) is 15.9 Å². The summed E-state index contributed by atoms with van der Waals surface area (Å²) in [7, 11) is -3.44. The summed E-state index contributed by atoms with van der Waals surface area (Å²) < 4.78 is 27.6. The first-order chi connectivity index (χ1) is 9.98. The quantitative estimate of drug-likeness (QED) is 0.720. The number of piperazine rings is 1. The van der Waals surface area contributed by atoms with Crippen molar-refractivity contribution in [3.63, 3.8) is 0 Å². The van der Waals surface area contributed by atoms with E-state index in [9.17, 15) is 8.42 Å². The lowest BCUT2D eigenvalue weighted by Gasteiger charge is -2.33. The van der Waals surface area contributed by atoms with Crippen LogP contribution in [0.5, 0.6) is 0 Å². The molecule has 0 radical (unpaired) electrons. The minimum absolute atomic E-state index is 0.320. The Kier molecular flexibility index (Phi) is 6.08. The van der Waals surface area contributed by atoms with Crippen molar-refractivity contribution in [3.8, 4) is 0 Å². The molecular formula is C14H20BrClN2O2S. The van der Waals surface area contributed by atoms with E-state index in [1.54, 1.807) is 22.5 Å². The molecule has 0 bridgehead atoms. The van der Waals surface area contributed by atoms with E-state index in [-0.39, 0.29) is 0 Å². The topological polar surface area (TPSA) is 40.6 Å². The SMILES string of the molecule is CCCN1CCN(S(=O)(=O)c2ccc(CCl)cc2Br)CC1. The third-order valence-electron chi connectivity index (χ3n) is 3.64. The van der Waals surface area contributed by atoms with Gasteiger partial charge in [0.05, 0.1) is 4.90 Å². The van der Waals surface area contributed by atoms with E-state index in [4.69, 9.17) is 11.6 Å².